The Kier molecular flexibility index (Phi) is 5.26. The Morgan fingerprint density at radius 3 is 2.65 bits per heavy atom. The number of benzene rings is 2. The highest BCUT2D eigenvalue weighted by Crippen LogP contribution is 2.37. The first kappa shape index (κ1) is 20.6. The van der Waals surface area contributed by atoms with Gasteiger partial charge in [-0.15, -0.1) is 0 Å². The zero-order chi connectivity index (χ0) is 22.2. The van der Waals surface area contributed by atoms with Crippen LogP contribution in [-0.4, -0.2) is 22.0 Å². The van der Waals surface area contributed by atoms with Crippen LogP contribution in [0.3, 0.4) is 0 Å². The highest BCUT2D eigenvalue weighted by atomic mass is 19.4. The molecule has 4 rings (SSSR count). The fourth-order valence-electron chi connectivity index (χ4n) is 3.79. The average molecular weight is 428 g/mol. The number of amides is 2. The summed E-state index contributed by atoms with van der Waals surface area (Å²) in [6.07, 6.45) is -2.73. The van der Waals surface area contributed by atoms with Gasteiger partial charge in [-0.3, -0.25) is 14.7 Å². The monoisotopic (exact) mass is 428 g/mol. The van der Waals surface area contributed by atoms with E-state index < -0.39 is 17.7 Å². The van der Waals surface area contributed by atoms with E-state index in [4.69, 9.17) is 0 Å². The number of hydrogen-bond acceptors (Lipinski definition) is 3. The van der Waals surface area contributed by atoms with Crippen molar-refractivity contribution in [1.82, 2.24) is 15.5 Å². The molecule has 160 valence electrons. The lowest BCUT2D eigenvalue weighted by atomic mass is 9.82. The Hall–Kier alpha value is -3.62. The fourth-order valence-corrected chi connectivity index (χ4v) is 3.79. The van der Waals surface area contributed by atoms with Gasteiger partial charge in [-0.05, 0) is 48.4 Å². The number of halogens is 3. The molecule has 1 aromatic heterocycles. The van der Waals surface area contributed by atoms with Crippen molar-refractivity contribution in [1.29, 1.82) is 0 Å². The number of nitrogens with zero attached hydrogens (tertiary/aromatic N) is 1. The number of allylic oxidation sites excluding steroid dienone is 1. The smallest absolute Gasteiger partial charge is 0.330 e. The van der Waals surface area contributed by atoms with E-state index in [1.807, 2.05) is 0 Å². The van der Waals surface area contributed by atoms with Gasteiger partial charge in [0.25, 0.3) is 0 Å². The van der Waals surface area contributed by atoms with Gasteiger partial charge in [0.2, 0.25) is 11.8 Å². The van der Waals surface area contributed by atoms with E-state index in [9.17, 15) is 22.8 Å². The number of aromatic amines is 1. The van der Waals surface area contributed by atoms with Crippen LogP contribution in [0.25, 0.3) is 10.9 Å². The van der Waals surface area contributed by atoms with Gasteiger partial charge in [0.15, 0.2) is 0 Å². The van der Waals surface area contributed by atoms with Crippen molar-refractivity contribution in [3.05, 3.63) is 71.1 Å². The van der Waals surface area contributed by atoms with Crippen molar-refractivity contribution in [3.63, 3.8) is 0 Å². The van der Waals surface area contributed by atoms with E-state index >= 15 is 0 Å². The van der Waals surface area contributed by atoms with Crippen molar-refractivity contribution in [3.8, 4) is 0 Å². The number of carbonyl (C=O) groups is 2. The quantitative estimate of drug-likeness (QED) is 0.572. The van der Waals surface area contributed by atoms with E-state index in [0.29, 0.717) is 22.5 Å². The largest absolute Gasteiger partial charge is 0.416 e. The SMILES string of the molecule is CC1=C(CC(=O)Nc2ccc3[nH]ncc3c2)C(c2ccc(C(F)(F)F)cc2)CC(=O)N1. The summed E-state index contributed by atoms with van der Waals surface area (Å²) in [6, 6.07) is 10.1. The van der Waals surface area contributed by atoms with Gasteiger partial charge < -0.3 is 10.6 Å². The highest BCUT2D eigenvalue weighted by Gasteiger charge is 2.32. The summed E-state index contributed by atoms with van der Waals surface area (Å²) >= 11 is 0. The number of hydrogen-bond donors (Lipinski definition) is 3. The molecule has 0 bridgehead atoms. The molecule has 3 N–H and O–H groups in total. The zero-order valence-electron chi connectivity index (χ0n) is 16.5. The Balaban J connectivity index is 1.55. The standard InChI is InChI=1S/C22H19F3N4O2/c1-12-17(9-21(31)28-16-6-7-19-14(8-16)11-26-29-19)18(10-20(30)27-12)13-2-4-15(5-3-13)22(23,24)25/h2-8,11,18H,9-10H2,1H3,(H,26,29)(H,27,30)(H,28,31). The first-order valence-electron chi connectivity index (χ1n) is 9.60. The molecule has 0 saturated carbocycles. The first-order chi connectivity index (χ1) is 14.7. The van der Waals surface area contributed by atoms with Crippen molar-refractivity contribution in [2.24, 2.45) is 0 Å². The number of carbonyl (C=O) groups excluding carboxylic acids is 2. The van der Waals surface area contributed by atoms with Gasteiger partial charge in [0.1, 0.15) is 0 Å². The first-order valence-corrected chi connectivity index (χ1v) is 9.60. The molecule has 31 heavy (non-hydrogen) atoms. The van der Waals surface area contributed by atoms with Gasteiger partial charge in [-0.25, -0.2) is 0 Å². The topological polar surface area (TPSA) is 86.9 Å². The third kappa shape index (κ3) is 4.45. The molecule has 1 aliphatic heterocycles. The molecule has 0 spiro atoms. The molecule has 2 amide bonds. The summed E-state index contributed by atoms with van der Waals surface area (Å²) in [4.78, 5) is 24.8. The number of fused-ring (bicyclic) bond motifs is 1. The number of anilines is 1. The maximum Gasteiger partial charge on any atom is 0.416 e. The number of nitrogens with one attached hydrogen (secondary N) is 3. The Labute approximate surface area is 175 Å². The molecule has 9 heteroatoms. The van der Waals surface area contributed by atoms with Crippen LogP contribution >= 0.6 is 0 Å². The van der Waals surface area contributed by atoms with Gasteiger partial charge in [0.05, 0.1) is 23.7 Å². The second kappa shape index (κ2) is 7.90. The number of rotatable bonds is 4. The van der Waals surface area contributed by atoms with Crippen LogP contribution in [0.15, 0.2) is 59.9 Å². The molecule has 0 radical (unpaired) electrons. The average Bonchev–Trinajstić information content (AvgIpc) is 3.17. The van der Waals surface area contributed by atoms with Crippen molar-refractivity contribution >= 4 is 28.4 Å². The molecule has 3 aromatic rings. The summed E-state index contributed by atoms with van der Waals surface area (Å²) in [5, 5.41) is 13.2. The predicted molar refractivity (Wildman–Crippen MR) is 109 cm³/mol. The third-order valence-electron chi connectivity index (χ3n) is 5.33. The van der Waals surface area contributed by atoms with E-state index in [-0.39, 0.29) is 24.7 Å². The lowest BCUT2D eigenvalue weighted by Crippen LogP contribution is -2.32. The molecule has 0 saturated heterocycles. The summed E-state index contributed by atoms with van der Waals surface area (Å²) < 4.78 is 38.7. The van der Waals surface area contributed by atoms with E-state index in [2.05, 4.69) is 20.8 Å². The lowest BCUT2D eigenvalue weighted by Gasteiger charge is -2.28. The van der Waals surface area contributed by atoms with Gasteiger partial charge in [-0.2, -0.15) is 18.3 Å². The maximum absolute atomic E-state index is 12.9. The van der Waals surface area contributed by atoms with Gasteiger partial charge in [-0.1, -0.05) is 12.1 Å². The highest BCUT2D eigenvalue weighted by molar-refractivity contribution is 5.95. The van der Waals surface area contributed by atoms with Crippen molar-refractivity contribution in [2.75, 3.05) is 5.32 Å². The number of aromatic nitrogens is 2. The van der Waals surface area contributed by atoms with E-state index in [0.717, 1.165) is 23.0 Å². The van der Waals surface area contributed by atoms with Crippen LogP contribution in [0.1, 0.15) is 36.8 Å². The third-order valence-corrected chi connectivity index (χ3v) is 5.33. The van der Waals surface area contributed by atoms with Gasteiger partial charge in [0, 0.05) is 29.1 Å². The molecular weight excluding hydrogens is 409 g/mol. The lowest BCUT2D eigenvalue weighted by molar-refractivity contribution is -0.137. The molecule has 2 aromatic carbocycles. The molecule has 6 nitrogen and oxygen atoms in total. The van der Waals surface area contributed by atoms with Crippen LogP contribution < -0.4 is 10.6 Å². The van der Waals surface area contributed by atoms with E-state index in [1.165, 1.54) is 12.1 Å². The minimum Gasteiger partial charge on any atom is -0.330 e. The van der Waals surface area contributed by atoms with Crippen LogP contribution in [0.5, 0.6) is 0 Å². The minimum absolute atomic E-state index is 0.00122. The second-order valence-electron chi connectivity index (χ2n) is 7.47. The minimum atomic E-state index is -4.44. The molecule has 0 aliphatic carbocycles. The van der Waals surface area contributed by atoms with Crippen LogP contribution in [0.4, 0.5) is 18.9 Å². The normalized spacial score (nSPS) is 17.0. The summed E-state index contributed by atoms with van der Waals surface area (Å²) in [6.45, 7) is 1.69. The predicted octanol–water partition coefficient (Wildman–Crippen LogP) is 4.49. The van der Waals surface area contributed by atoms with Crippen LogP contribution in [0.2, 0.25) is 0 Å². The van der Waals surface area contributed by atoms with Crippen molar-refractivity contribution < 1.29 is 22.8 Å². The zero-order valence-corrected chi connectivity index (χ0v) is 16.5. The number of alkyl halides is 3. The fraction of sp³-hybridized carbons (Fsp3) is 0.227. The molecular formula is C22H19F3N4O2. The van der Waals surface area contributed by atoms with E-state index in [1.54, 1.807) is 31.3 Å². The van der Waals surface area contributed by atoms with Crippen LogP contribution in [0, 0.1) is 0 Å². The summed E-state index contributed by atoms with van der Waals surface area (Å²) in [5.41, 5.74) is 2.45. The maximum atomic E-state index is 12.9. The molecule has 1 unspecified atom stereocenters. The molecule has 0 fully saturated rings. The Morgan fingerprint density at radius 1 is 1.19 bits per heavy atom. The summed E-state index contributed by atoms with van der Waals surface area (Å²) in [7, 11) is 0. The molecule has 2 heterocycles. The Bertz CT molecular complexity index is 1180. The van der Waals surface area contributed by atoms with Crippen LogP contribution in [-0.2, 0) is 15.8 Å². The second-order valence-corrected chi connectivity index (χ2v) is 7.47. The van der Waals surface area contributed by atoms with Crippen molar-refractivity contribution in [2.45, 2.75) is 31.9 Å². The number of H-pyrrole nitrogens is 1. The molecule has 1 aliphatic rings. The molecule has 1 atom stereocenters. The summed E-state index contributed by atoms with van der Waals surface area (Å²) in [5.74, 6) is -1.000. The Morgan fingerprint density at radius 2 is 1.94 bits per heavy atom. The van der Waals surface area contributed by atoms with Gasteiger partial charge >= 0.3 is 6.18 Å².